The third kappa shape index (κ3) is 4.99. The molecular weight excluding hydrogens is 346 g/mol. The van der Waals surface area contributed by atoms with Crippen molar-refractivity contribution in [2.45, 2.75) is 76.3 Å². The van der Waals surface area contributed by atoms with E-state index in [2.05, 4.69) is 16.3 Å². The molecule has 2 fully saturated rings. The lowest BCUT2D eigenvalue weighted by atomic mass is 9.88. The fourth-order valence-corrected chi connectivity index (χ4v) is 4.63. The van der Waals surface area contributed by atoms with E-state index in [0.717, 1.165) is 0 Å². The lowest BCUT2D eigenvalue weighted by molar-refractivity contribution is -0.119. The maximum absolute atomic E-state index is 12.8. The van der Waals surface area contributed by atoms with E-state index in [1.807, 2.05) is 0 Å². The SMILES string of the molecule is N#Cc1ccc(Cl)cc1NC(=O)CN(C1CCCCC1)C1CCCCC1. The first-order valence-electron chi connectivity index (χ1n) is 9.92. The average Bonchev–Trinajstić information content (AvgIpc) is 2.68. The van der Waals surface area contributed by atoms with Gasteiger partial charge in [-0.05, 0) is 43.9 Å². The van der Waals surface area contributed by atoms with Gasteiger partial charge < -0.3 is 5.32 Å². The van der Waals surface area contributed by atoms with Crippen LogP contribution in [0.3, 0.4) is 0 Å². The molecule has 0 heterocycles. The van der Waals surface area contributed by atoms with Crippen LogP contribution in [0.5, 0.6) is 0 Å². The van der Waals surface area contributed by atoms with Gasteiger partial charge in [-0.25, -0.2) is 0 Å². The molecule has 0 unspecified atom stereocenters. The van der Waals surface area contributed by atoms with Crippen LogP contribution in [0.4, 0.5) is 5.69 Å². The van der Waals surface area contributed by atoms with E-state index in [0.29, 0.717) is 34.9 Å². The summed E-state index contributed by atoms with van der Waals surface area (Å²) in [4.78, 5) is 15.2. The van der Waals surface area contributed by atoms with E-state index >= 15 is 0 Å². The molecule has 2 aliphatic rings. The molecule has 0 bridgehead atoms. The molecule has 3 rings (SSSR count). The lowest BCUT2D eigenvalue weighted by Crippen LogP contribution is -2.48. The summed E-state index contributed by atoms with van der Waals surface area (Å²) >= 11 is 6.04. The van der Waals surface area contributed by atoms with Gasteiger partial charge in [-0.3, -0.25) is 9.69 Å². The van der Waals surface area contributed by atoms with Gasteiger partial charge in [0.2, 0.25) is 5.91 Å². The molecule has 0 atom stereocenters. The first kappa shape index (κ1) is 19.2. The maximum atomic E-state index is 12.8. The first-order chi connectivity index (χ1) is 12.7. The van der Waals surface area contributed by atoms with Crippen molar-refractivity contribution >= 4 is 23.2 Å². The summed E-state index contributed by atoms with van der Waals surface area (Å²) in [5, 5.41) is 12.7. The highest BCUT2D eigenvalue weighted by Crippen LogP contribution is 2.30. The van der Waals surface area contributed by atoms with E-state index < -0.39 is 0 Å². The number of nitrogens with zero attached hydrogens (tertiary/aromatic N) is 2. The highest BCUT2D eigenvalue weighted by molar-refractivity contribution is 6.31. The van der Waals surface area contributed by atoms with Gasteiger partial charge in [-0.15, -0.1) is 0 Å². The molecule has 4 nitrogen and oxygen atoms in total. The van der Waals surface area contributed by atoms with Gasteiger partial charge >= 0.3 is 0 Å². The minimum Gasteiger partial charge on any atom is -0.324 e. The minimum absolute atomic E-state index is 0.0417. The number of hydrogen-bond donors (Lipinski definition) is 1. The lowest BCUT2D eigenvalue weighted by Gasteiger charge is -2.41. The summed E-state index contributed by atoms with van der Waals surface area (Å²) in [5.74, 6) is -0.0417. The standard InChI is InChI=1S/C21H28ClN3O/c22-17-12-11-16(14-23)20(13-17)24-21(26)15-25(18-7-3-1-4-8-18)19-9-5-2-6-10-19/h11-13,18-19H,1-10,15H2,(H,24,26). The van der Waals surface area contributed by atoms with Crippen molar-refractivity contribution in [2.75, 3.05) is 11.9 Å². The number of rotatable bonds is 5. The molecule has 5 heteroatoms. The van der Waals surface area contributed by atoms with Crippen molar-refractivity contribution < 1.29 is 4.79 Å². The Morgan fingerprint density at radius 3 is 2.19 bits per heavy atom. The topological polar surface area (TPSA) is 56.1 Å². The van der Waals surface area contributed by atoms with Crippen LogP contribution < -0.4 is 5.32 Å². The Bertz CT molecular complexity index is 640. The molecule has 1 amide bonds. The second kappa shape index (κ2) is 9.39. The fourth-order valence-electron chi connectivity index (χ4n) is 4.45. The van der Waals surface area contributed by atoms with Gasteiger partial charge in [-0.2, -0.15) is 5.26 Å². The van der Waals surface area contributed by atoms with Crippen LogP contribution in [0.15, 0.2) is 18.2 Å². The van der Waals surface area contributed by atoms with Crippen LogP contribution >= 0.6 is 11.6 Å². The molecule has 0 aliphatic heterocycles. The van der Waals surface area contributed by atoms with Crippen LogP contribution in [0, 0.1) is 11.3 Å². The number of benzene rings is 1. The van der Waals surface area contributed by atoms with E-state index in [-0.39, 0.29) is 5.91 Å². The zero-order valence-corrected chi connectivity index (χ0v) is 16.1. The van der Waals surface area contributed by atoms with E-state index in [1.165, 1.54) is 64.2 Å². The second-order valence-corrected chi connectivity index (χ2v) is 8.04. The normalized spacial score (nSPS) is 19.3. The van der Waals surface area contributed by atoms with Gasteiger partial charge in [0, 0.05) is 17.1 Å². The van der Waals surface area contributed by atoms with Gasteiger partial charge in [0.1, 0.15) is 6.07 Å². The Kier molecular flexibility index (Phi) is 6.93. The molecule has 0 aromatic heterocycles. The number of carbonyl (C=O) groups is 1. The third-order valence-electron chi connectivity index (χ3n) is 5.79. The van der Waals surface area contributed by atoms with Crippen LogP contribution in [0.2, 0.25) is 5.02 Å². The molecule has 0 saturated heterocycles. The van der Waals surface area contributed by atoms with Crippen LogP contribution in [0.1, 0.15) is 69.8 Å². The van der Waals surface area contributed by atoms with Crippen molar-refractivity contribution in [3.8, 4) is 6.07 Å². The molecule has 0 spiro atoms. The minimum atomic E-state index is -0.0417. The quantitative estimate of drug-likeness (QED) is 0.779. The molecular formula is C21H28ClN3O. The van der Waals surface area contributed by atoms with Gasteiger partial charge in [0.25, 0.3) is 0 Å². The molecule has 2 saturated carbocycles. The maximum Gasteiger partial charge on any atom is 0.238 e. The summed E-state index contributed by atoms with van der Waals surface area (Å²) in [7, 11) is 0. The number of amides is 1. The van der Waals surface area contributed by atoms with Crippen molar-refractivity contribution in [2.24, 2.45) is 0 Å². The summed E-state index contributed by atoms with van der Waals surface area (Å²) in [6.45, 7) is 0.409. The van der Waals surface area contributed by atoms with E-state index in [9.17, 15) is 10.1 Å². The summed E-state index contributed by atoms with van der Waals surface area (Å²) in [6.07, 6.45) is 12.5. The van der Waals surface area contributed by atoms with Gasteiger partial charge in [0.05, 0.1) is 17.8 Å². The number of nitrogens with one attached hydrogen (secondary N) is 1. The van der Waals surface area contributed by atoms with Crippen LogP contribution in [-0.2, 0) is 4.79 Å². The third-order valence-corrected chi connectivity index (χ3v) is 6.02. The highest BCUT2D eigenvalue weighted by Gasteiger charge is 2.30. The summed E-state index contributed by atoms with van der Waals surface area (Å²) in [6, 6.07) is 8.14. The predicted octanol–water partition coefficient (Wildman–Crippen LogP) is 5.12. The Hall–Kier alpha value is -1.57. The molecule has 26 heavy (non-hydrogen) atoms. The summed E-state index contributed by atoms with van der Waals surface area (Å²) < 4.78 is 0. The number of carbonyl (C=O) groups excluding carboxylic acids is 1. The number of nitriles is 1. The van der Waals surface area contributed by atoms with E-state index in [4.69, 9.17) is 11.6 Å². The largest absolute Gasteiger partial charge is 0.324 e. The second-order valence-electron chi connectivity index (χ2n) is 7.61. The Morgan fingerprint density at radius 2 is 1.65 bits per heavy atom. The molecule has 140 valence electrons. The Morgan fingerprint density at radius 1 is 1.08 bits per heavy atom. The molecule has 1 N–H and O–H groups in total. The monoisotopic (exact) mass is 373 g/mol. The molecule has 2 aliphatic carbocycles. The Balaban J connectivity index is 1.70. The first-order valence-corrected chi connectivity index (χ1v) is 10.3. The average molecular weight is 374 g/mol. The molecule has 1 aromatic rings. The number of hydrogen-bond acceptors (Lipinski definition) is 3. The van der Waals surface area contributed by atoms with Crippen molar-refractivity contribution in [3.05, 3.63) is 28.8 Å². The van der Waals surface area contributed by atoms with Crippen LogP contribution in [0.25, 0.3) is 0 Å². The molecule has 0 radical (unpaired) electrons. The van der Waals surface area contributed by atoms with Gasteiger partial charge in [0.15, 0.2) is 0 Å². The van der Waals surface area contributed by atoms with Crippen molar-refractivity contribution in [3.63, 3.8) is 0 Å². The smallest absolute Gasteiger partial charge is 0.238 e. The van der Waals surface area contributed by atoms with E-state index in [1.54, 1.807) is 18.2 Å². The van der Waals surface area contributed by atoms with Crippen molar-refractivity contribution in [1.29, 1.82) is 5.26 Å². The highest BCUT2D eigenvalue weighted by atomic mass is 35.5. The predicted molar refractivity (Wildman–Crippen MR) is 105 cm³/mol. The Labute approximate surface area is 161 Å². The van der Waals surface area contributed by atoms with Crippen molar-refractivity contribution in [1.82, 2.24) is 4.90 Å². The fraction of sp³-hybridized carbons (Fsp3) is 0.619. The van der Waals surface area contributed by atoms with Gasteiger partial charge in [-0.1, -0.05) is 50.1 Å². The number of halogens is 1. The zero-order chi connectivity index (χ0) is 18.4. The summed E-state index contributed by atoms with van der Waals surface area (Å²) in [5.41, 5.74) is 0.960. The number of anilines is 1. The zero-order valence-electron chi connectivity index (χ0n) is 15.3. The molecule has 1 aromatic carbocycles. The van der Waals surface area contributed by atoms with Crippen LogP contribution in [-0.4, -0.2) is 29.4 Å².